The van der Waals surface area contributed by atoms with Gasteiger partial charge in [-0.3, -0.25) is 19.3 Å². The topological polar surface area (TPSA) is 84.9 Å². The lowest BCUT2D eigenvalue weighted by Gasteiger charge is -2.55. The maximum atomic E-state index is 13.5. The second-order valence-electron chi connectivity index (χ2n) is 11.0. The molecule has 1 saturated heterocycles. The highest BCUT2D eigenvalue weighted by molar-refractivity contribution is 5.98. The summed E-state index contributed by atoms with van der Waals surface area (Å²) in [5.41, 5.74) is 1.22. The van der Waals surface area contributed by atoms with Gasteiger partial charge in [-0.1, -0.05) is 48.5 Å². The molecule has 1 aliphatic heterocycles. The van der Waals surface area contributed by atoms with Crippen LogP contribution in [-0.2, 0) is 19.7 Å². The van der Waals surface area contributed by atoms with Crippen molar-refractivity contribution in [2.24, 2.45) is 5.92 Å². The fraction of sp³-hybridized carbons (Fsp3) is 0.364. The van der Waals surface area contributed by atoms with E-state index in [2.05, 4.69) is 22.9 Å². The Hall–Kier alpha value is -3.97. The molecule has 1 heterocycles. The van der Waals surface area contributed by atoms with Crippen LogP contribution in [0.3, 0.4) is 0 Å². The minimum atomic E-state index is -0.395. The van der Waals surface area contributed by atoms with Crippen molar-refractivity contribution in [2.75, 3.05) is 19.6 Å². The van der Waals surface area contributed by atoms with Crippen LogP contribution < -0.4 is 10.1 Å². The monoisotopic (exact) mass is 540 g/mol. The van der Waals surface area contributed by atoms with Crippen LogP contribution in [0.2, 0.25) is 0 Å². The molecule has 3 aromatic carbocycles. The number of piperidine rings is 1. The van der Waals surface area contributed by atoms with E-state index in [0.29, 0.717) is 24.2 Å². The first-order chi connectivity index (χ1) is 19.3. The third-order valence-electron chi connectivity index (χ3n) is 8.34. The fourth-order valence-electron chi connectivity index (χ4n) is 6.69. The highest BCUT2D eigenvalue weighted by Crippen LogP contribution is 2.50. The summed E-state index contributed by atoms with van der Waals surface area (Å²) < 4.78 is 11.4. The predicted molar refractivity (Wildman–Crippen MR) is 154 cm³/mol. The number of hydrogen-bond donors (Lipinski definition) is 1. The van der Waals surface area contributed by atoms with Crippen LogP contribution >= 0.6 is 0 Å². The second kappa shape index (κ2) is 11.6. The molecule has 2 aliphatic rings. The van der Waals surface area contributed by atoms with Crippen molar-refractivity contribution >= 4 is 28.6 Å². The number of rotatable bonds is 7. The summed E-state index contributed by atoms with van der Waals surface area (Å²) in [6, 6.07) is 21.1. The molecule has 2 fully saturated rings. The van der Waals surface area contributed by atoms with E-state index in [4.69, 9.17) is 9.47 Å². The van der Waals surface area contributed by atoms with Crippen LogP contribution in [0.25, 0.3) is 10.8 Å². The molecule has 0 spiro atoms. The number of nitrogens with one attached hydrogen (secondary N) is 1. The van der Waals surface area contributed by atoms with Crippen LogP contribution in [-0.4, -0.2) is 54.5 Å². The Balaban J connectivity index is 1.50. The molecule has 7 heteroatoms. The van der Waals surface area contributed by atoms with Crippen LogP contribution in [0.15, 0.2) is 79.4 Å². The molecule has 1 N–H and O–H groups in total. The number of nitrogens with zero attached hydrogens (tertiary/aromatic N) is 1. The van der Waals surface area contributed by atoms with Crippen molar-refractivity contribution in [3.05, 3.63) is 90.5 Å². The number of fused-ring (bicyclic) bond motifs is 2. The van der Waals surface area contributed by atoms with E-state index in [1.54, 1.807) is 6.07 Å². The van der Waals surface area contributed by atoms with Gasteiger partial charge in [0.25, 0.3) is 5.91 Å². The van der Waals surface area contributed by atoms with E-state index >= 15 is 0 Å². The van der Waals surface area contributed by atoms with Crippen molar-refractivity contribution in [2.45, 2.75) is 50.7 Å². The smallest absolute Gasteiger partial charge is 0.308 e. The number of carbonyl (C=O) groups is 3. The van der Waals surface area contributed by atoms with Crippen molar-refractivity contribution in [3.63, 3.8) is 0 Å². The van der Waals surface area contributed by atoms with Gasteiger partial charge in [-0.05, 0) is 60.0 Å². The van der Waals surface area contributed by atoms with E-state index in [1.165, 1.54) is 13.8 Å². The molecule has 3 aromatic rings. The van der Waals surface area contributed by atoms with Gasteiger partial charge < -0.3 is 14.8 Å². The Morgan fingerprint density at radius 1 is 1.02 bits per heavy atom. The van der Waals surface area contributed by atoms with Gasteiger partial charge in [-0.25, -0.2) is 0 Å². The highest BCUT2D eigenvalue weighted by atomic mass is 16.5. The summed E-state index contributed by atoms with van der Waals surface area (Å²) >= 11 is 0. The quantitative estimate of drug-likeness (QED) is 0.257. The average Bonchev–Trinajstić information content (AvgIpc) is 2.93. The summed E-state index contributed by atoms with van der Waals surface area (Å²) in [5.74, 6) is -0.392. The summed E-state index contributed by atoms with van der Waals surface area (Å²) in [6.07, 6.45) is 3.51. The van der Waals surface area contributed by atoms with Gasteiger partial charge in [0.05, 0.1) is 0 Å². The molecule has 0 radical (unpaired) electrons. The largest absolute Gasteiger partial charge is 0.462 e. The highest BCUT2D eigenvalue weighted by Gasteiger charge is 2.53. The van der Waals surface area contributed by atoms with Crippen molar-refractivity contribution in [1.82, 2.24) is 10.2 Å². The summed E-state index contributed by atoms with van der Waals surface area (Å²) in [5, 5.41) is 5.35. The zero-order chi connectivity index (χ0) is 28.3. The van der Waals surface area contributed by atoms with Gasteiger partial charge in [0, 0.05) is 56.3 Å². The minimum absolute atomic E-state index is 0.00787. The Kier molecular flexibility index (Phi) is 8.03. The minimum Gasteiger partial charge on any atom is -0.462 e. The average molecular weight is 541 g/mol. The third kappa shape index (κ3) is 5.80. The van der Waals surface area contributed by atoms with E-state index in [9.17, 15) is 14.4 Å². The van der Waals surface area contributed by atoms with Crippen LogP contribution in [0.4, 0.5) is 0 Å². The van der Waals surface area contributed by atoms with E-state index in [-0.39, 0.29) is 29.8 Å². The van der Waals surface area contributed by atoms with Gasteiger partial charge >= 0.3 is 11.9 Å². The molecule has 4 atom stereocenters. The zero-order valence-electron chi connectivity index (χ0n) is 23.1. The van der Waals surface area contributed by atoms with Crippen molar-refractivity contribution in [3.8, 4) is 5.75 Å². The molecule has 40 heavy (non-hydrogen) atoms. The molecule has 0 aromatic heterocycles. The molecule has 1 amide bonds. The molecule has 1 aliphatic carbocycles. The molecular formula is C33H36N2O5. The number of esters is 2. The van der Waals surface area contributed by atoms with E-state index in [1.807, 2.05) is 60.7 Å². The standard InChI is InChI=1S/C33H36N2O5/c1-4-15-35-16-14-33(27-10-7-11-29(18-27)39-22(2)36)20-28(19-31(30(33)21-35)40-23(3)37)34-32(38)26-13-12-24-8-5-6-9-25(24)17-26/h4-13,17-18,28,30-31H,1,14-16,19-21H2,2-3H3,(H,34,38). The molecule has 0 bridgehead atoms. The molecule has 7 nitrogen and oxygen atoms in total. The third-order valence-corrected chi connectivity index (χ3v) is 8.34. The molecule has 5 rings (SSSR count). The molecule has 1 saturated carbocycles. The summed E-state index contributed by atoms with van der Waals surface area (Å²) in [6.45, 7) is 9.04. The summed E-state index contributed by atoms with van der Waals surface area (Å²) in [4.78, 5) is 39.8. The van der Waals surface area contributed by atoms with Crippen molar-refractivity contribution in [1.29, 1.82) is 0 Å². The number of likely N-dealkylation sites (tertiary alicyclic amines) is 1. The maximum Gasteiger partial charge on any atom is 0.308 e. The van der Waals surface area contributed by atoms with Gasteiger partial charge in [0.15, 0.2) is 0 Å². The Labute approximate surface area is 235 Å². The van der Waals surface area contributed by atoms with E-state index in [0.717, 1.165) is 42.4 Å². The summed E-state index contributed by atoms with van der Waals surface area (Å²) in [7, 11) is 0. The molecular weight excluding hydrogens is 504 g/mol. The normalized spacial score (nSPS) is 24.5. The zero-order valence-corrected chi connectivity index (χ0v) is 23.1. The number of ether oxygens (including phenoxy) is 2. The number of benzene rings is 3. The van der Waals surface area contributed by atoms with Gasteiger partial charge in [-0.15, -0.1) is 6.58 Å². The molecule has 208 valence electrons. The maximum absolute atomic E-state index is 13.5. The second-order valence-corrected chi connectivity index (χ2v) is 11.0. The van der Waals surface area contributed by atoms with Crippen LogP contribution in [0.1, 0.15) is 49.0 Å². The first-order valence-corrected chi connectivity index (χ1v) is 13.9. The SMILES string of the molecule is C=CCN1CCC2(c3cccc(OC(C)=O)c3)CC(NC(=O)c3ccc4ccccc4c3)CC(OC(C)=O)C2C1. The lowest BCUT2D eigenvalue weighted by atomic mass is 9.57. The first-order valence-electron chi connectivity index (χ1n) is 13.9. The van der Waals surface area contributed by atoms with Crippen LogP contribution in [0.5, 0.6) is 5.75 Å². The van der Waals surface area contributed by atoms with Gasteiger partial charge in [-0.2, -0.15) is 0 Å². The first kappa shape index (κ1) is 27.6. The van der Waals surface area contributed by atoms with Gasteiger partial charge in [0.2, 0.25) is 0 Å². The Bertz CT molecular complexity index is 1440. The van der Waals surface area contributed by atoms with Gasteiger partial charge in [0.1, 0.15) is 11.9 Å². The lowest BCUT2D eigenvalue weighted by Crippen LogP contribution is -2.61. The predicted octanol–water partition coefficient (Wildman–Crippen LogP) is 5.03. The lowest BCUT2D eigenvalue weighted by molar-refractivity contribution is -0.157. The number of hydrogen-bond acceptors (Lipinski definition) is 6. The van der Waals surface area contributed by atoms with Crippen LogP contribution in [0, 0.1) is 5.92 Å². The molecule has 4 unspecified atom stereocenters. The number of carbonyl (C=O) groups excluding carboxylic acids is 3. The Morgan fingerprint density at radius 3 is 2.58 bits per heavy atom. The Morgan fingerprint density at radius 2 is 1.82 bits per heavy atom. The van der Waals surface area contributed by atoms with Crippen molar-refractivity contribution < 1.29 is 23.9 Å². The van der Waals surface area contributed by atoms with E-state index < -0.39 is 11.5 Å². The number of amides is 1. The fourth-order valence-corrected chi connectivity index (χ4v) is 6.69.